The number of carbonyl (C=O) groups excluding carboxylic acids is 1. The van der Waals surface area contributed by atoms with Crippen molar-refractivity contribution in [3.8, 4) is 0 Å². The predicted octanol–water partition coefficient (Wildman–Crippen LogP) is 2.24. The molecule has 0 bridgehead atoms. The third kappa shape index (κ3) is 4.32. The molecule has 1 amide bonds. The number of pyridine rings is 1. The van der Waals surface area contributed by atoms with E-state index in [9.17, 15) is 4.79 Å². The maximum absolute atomic E-state index is 12.1. The van der Waals surface area contributed by atoms with Gasteiger partial charge in [0.1, 0.15) is 5.82 Å². The van der Waals surface area contributed by atoms with Crippen LogP contribution in [0.3, 0.4) is 0 Å². The minimum Gasteiger partial charge on any atom is -0.372 e. The molecule has 0 unspecified atom stereocenters. The Morgan fingerprint density at radius 3 is 2.76 bits per heavy atom. The van der Waals surface area contributed by atoms with Crippen molar-refractivity contribution in [3.63, 3.8) is 0 Å². The van der Waals surface area contributed by atoms with Gasteiger partial charge in [0.15, 0.2) is 0 Å². The molecule has 1 fully saturated rings. The average Bonchev–Trinajstić information content (AvgIpc) is 2.53. The summed E-state index contributed by atoms with van der Waals surface area (Å²) in [6.07, 6.45) is 3.84. The summed E-state index contributed by atoms with van der Waals surface area (Å²) < 4.78 is 0. The highest BCUT2D eigenvalue weighted by Gasteiger charge is 2.19. The molecular weight excluding hydrogens is 288 g/mol. The van der Waals surface area contributed by atoms with E-state index in [-0.39, 0.29) is 5.91 Å². The lowest BCUT2D eigenvalue weighted by molar-refractivity contribution is 0.0936. The zero-order valence-electron chi connectivity index (χ0n) is 12.7. The monoisotopic (exact) mass is 310 g/mol. The minimum absolute atomic E-state index is 0.107. The smallest absolute Gasteiger partial charge is 0.252 e. The molecule has 2 rings (SSSR count). The number of hydrogen-bond donors (Lipinski definition) is 2. The highest BCUT2D eigenvalue weighted by atomic mass is 35.5. The van der Waals surface area contributed by atoms with Crippen LogP contribution in [0.1, 0.15) is 30.1 Å². The van der Waals surface area contributed by atoms with E-state index in [4.69, 9.17) is 11.6 Å². The number of piperidine rings is 1. The van der Waals surface area contributed by atoms with Crippen LogP contribution in [-0.2, 0) is 0 Å². The molecule has 0 atom stereocenters. The first kappa shape index (κ1) is 16.0. The van der Waals surface area contributed by atoms with Crippen LogP contribution in [0.15, 0.2) is 12.3 Å². The van der Waals surface area contributed by atoms with Gasteiger partial charge in [-0.2, -0.15) is 0 Å². The lowest BCUT2D eigenvalue weighted by Crippen LogP contribution is -2.38. The van der Waals surface area contributed by atoms with Crippen LogP contribution in [0, 0.1) is 5.92 Å². The van der Waals surface area contributed by atoms with Gasteiger partial charge in [0, 0.05) is 19.8 Å². The van der Waals surface area contributed by atoms with E-state index in [0.29, 0.717) is 22.3 Å². The maximum Gasteiger partial charge on any atom is 0.252 e. The zero-order chi connectivity index (χ0) is 15.2. The number of rotatable bonds is 5. The second-order valence-corrected chi connectivity index (χ2v) is 5.80. The number of nitrogens with one attached hydrogen (secondary N) is 2. The quantitative estimate of drug-likeness (QED) is 0.876. The van der Waals surface area contributed by atoms with Crippen molar-refractivity contribution >= 4 is 23.3 Å². The molecule has 0 aliphatic carbocycles. The Kier molecular flexibility index (Phi) is 5.82. The molecule has 1 aromatic rings. The number of likely N-dealkylation sites (tertiary alicyclic amines) is 1. The highest BCUT2D eigenvalue weighted by Crippen LogP contribution is 2.20. The first-order valence-electron chi connectivity index (χ1n) is 7.48. The fraction of sp³-hybridized carbons (Fsp3) is 0.600. The molecule has 0 radical (unpaired) electrons. The van der Waals surface area contributed by atoms with Gasteiger partial charge >= 0.3 is 0 Å². The van der Waals surface area contributed by atoms with E-state index in [0.717, 1.165) is 39.0 Å². The van der Waals surface area contributed by atoms with Gasteiger partial charge < -0.3 is 15.5 Å². The van der Waals surface area contributed by atoms with E-state index in [1.165, 1.54) is 0 Å². The summed E-state index contributed by atoms with van der Waals surface area (Å²) >= 11 is 6.04. The molecule has 2 heterocycles. The van der Waals surface area contributed by atoms with Gasteiger partial charge in [-0.1, -0.05) is 18.5 Å². The van der Waals surface area contributed by atoms with E-state index < -0.39 is 0 Å². The van der Waals surface area contributed by atoms with Crippen molar-refractivity contribution in [1.29, 1.82) is 0 Å². The van der Waals surface area contributed by atoms with Crippen LogP contribution >= 0.6 is 11.6 Å². The largest absolute Gasteiger partial charge is 0.372 e. The molecule has 1 aliphatic rings. The summed E-state index contributed by atoms with van der Waals surface area (Å²) in [5.41, 5.74) is 0.505. The number of halogens is 1. The van der Waals surface area contributed by atoms with Crippen molar-refractivity contribution in [2.24, 2.45) is 5.92 Å². The van der Waals surface area contributed by atoms with Gasteiger partial charge in [0.25, 0.3) is 5.91 Å². The Morgan fingerprint density at radius 1 is 1.48 bits per heavy atom. The first-order chi connectivity index (χ1) is 10.1. The number of hydrogen-bond acceptors (Lipinski definition) is 4. The van der Waals surface area contributed by atoms with Crippen LogP contribution < -0.4 is 10.6 Å². The molecule has 6 heteroatoms. The van der Waals surface area contributed by atoms with Crippen molar-refractivity contribution in [2.45, 2.75) is 19.8 Å². The molecule has 2 N–H and O–H groups in total. The van der Waals surface area contributed by atoms with E-state index in [2.05, 4.69) is 27.4 Å². The van der Waals surface area contributed by atoms with Crippen molar-refractivity contribution in [3.05, 3.63) is 22.8 Å². The van der Waals surface area contributed by atoms with Gasteiger partial charge in [-0.25, -0.2) is 4.98 Å². The molecule has 1 aromatic heterocycles. The first-order valence-corrected chi connectivity index (χ1v) is 7.85. The van der Waals surface area contributed by atoms with E-state index in [1.54, 1.807) is 19.3 Å². The minimum atomic E-state index is -0.107. The SMILES string of the molecule is CCN1CCC(CNC(=O)c2cnc(NC)c(Cl)c2)CC1. The molecule has 116 valence electrons. The van der Waals surface area contributed by atoms with Crippen LogP contribution in [0.2, 0.25) is 5.02 Å². The Bertz CT molecular complexity index is 487. The molecule has 21 heavy (non-hydrogen) atoms. The number of amides is 1. The third-order valence-electron chi connectivity index (χ3n) is 4.05. The second-order valence-electron chi connectivity index (χ2n) is 5.39. The second kappa shape index (κ2) is 7.61. The van der Waals surface area contributed by atoms with Gasteiger partial charge in [-0.15, -0.1) is 0 Å². The van der Waals surface area contributed by atoms with Crippen molar-refractivity contribution < 1.29 is 4.79 Å². The van der Waals surface area contributed by atoms with Gasteiger partial charge in [-0.3, -0.25) is 4.79 Å². The summed E-state index contributed by atoms with van der Waals surface area (Å²) in [5.74, 6) is 1.04. The summed E-state index contributed by atoms with van der Waals surface area (Å²) in [5, 5.41) is 6.32. The molecule has 0 spiro atoms. The lowest BCUT2D eigenvalue weighted by Gasteiger charge is -2.31. The number of anilines is 1. The van der Waals surface area contributed by atoms with E-state index >= 15 is 0 Å². The van der Waals surface area contributed by atoms with Crippen LogP contribution in [0.5, 0.6) is 0 Å². The molecule has 0 saturated carbocycles. The summed E-state index contributed by atoms with van der Waals surface area (Å²) in [7, 11) is 1.75. The summed E-state index contributed by atoms with van der Waals surface area (Å²) in [6, 6.07) is 1.65. The highest BCUT2D eigenvalue weighted by molar-refractivity contribution is 6.33. The summed E-state index contributed by atoms with van der Waals surface area (Å²) in [6.45, 7) is 6.28. The number of aromatic nitrogens is 1. The van der Waals surface area contributed by atoms with Crippen LogP contribution in [-0.4, -0.2) is 49.0 Å². The standard InChI is InChI=1S/C15H23ClN4O/c1-3-20-6-4-11(5-7-20)9-19-15(21)12-8-13(16)14(17-2)18-10-12/h8,10-11H,3-7,9H2,1-2H3,(H,17,18)(H,19,21). The fourth-order valence-electron chi connectivity index (χ4n) is 2.59. The Morgan fingerprint density at radius 2 is 2.19 bits per heavy atom. The van der Waals surface area contributed by atoms with Crippen molar-refractivity contribution in [1.82, 2.24) is 15.2 Å². The van der Waals surface area contributed by atoms with Gasteiger partial charge in [0.2, 0.25) is 0 Å². The molecule has 0 aromatic carbocycles. The Hall–Kier alpha value is -1.33. The molecule has 5 nitrogen and oxygen atoms in total. The van der Waals surface area contributed by atoms with Crippen LogP contribution in [0.25, 0.3) is 0 Å². The van der Waals surface area contributed by atoms with Crippen LogP contribution in [0.4, 0.5) is 5.82 Å². The maximum atomic E-state index is 12.1. The number of carbonyl (C=O) groups is 1. The molecule has 1 saturated heterocycles. The topological polar surface area (TPSA) is 57.3 Å². The summed E-state index contributed by atoms with van der Waals surface area (Å²) in [4.78, 5) is 18.7. The fourth-order valence-corrected chi connectivity index (χ4v) is 2.85. The normalized spacial score (nSPS) is 16.7. The lowest BCUT2D eigenvalue weighted by atomic mass is 9.97. The van der Waals surface area contributed by atoms with Crippen molar-refractivity contribution in [2.75, 3.05) is 38.5 Å². The van der Waals surface area contributed by atoms with Gasteiger partial charge in [0.05, 0.1) is 10.6 Å². The molecule has 1 aliphatic heterocycles. The Balaban J connectivity index is 1.83. The zero-order valence-corrected chi connectivity index (χ0v) is 13.4. The number of nitrogens with zero attached hydrogens (tertiary/aromatic N) is 2. The third-order valence-corrected chi connectivity index (χ3v) is 4.33. The van der Waals surface area contributed by atoms with Gasteiger partial charge in [-0.05, 0) is 44.5 Å². The van der Waals surface area contributed by atoms with E-state index in [1.807, 2.05) is 0 Å². The molecular formula is C15H23ClN4O. The Labute approximate surface area is 131 Å². The predicted molar refractivity (Wildman–Crippen MR) is 86.0 cm³/mol. The average molecular weight is 311 g/mol.